The lowest BCUT2D eigenvalue weighted by molar-refractivity contribution is 0.203. The van der Waals surface area contributed by atoms with Gasteiger partial charge in [0.1, 0.15) is 0 Å². The predicted octanol–water partition coefficient (Wildman–Crippen LogP) is 1.97. The Balaban J connectivity index is 2.52. The van der Waals surface area contributed by atoms with Gasteiger partial charge in [0.2, 0.25) is 0 Å². The molecule has 108 valence electrons. The van der Waals surface area contributed by atoms with E-state index < -0.39 is 0 Å². The molecule has 0 aliphatic rings. The third-order valence-corrected chi connectivity index (χ3v) is 3.60. The maximum atomic E-state index is 5.01. The van der Waals surface area contributed by atoms with E-state index in [2.05, 4.69) is 39.8 Å². The molecular weight excluding hydrogens is 260 g/mol. The van der Waals surface area contributed by atoms with Crippen molar-refractivity contribution in [2.45, 2.75) is 33.2 Å². The van der Waals surface area contributed by atoms with Gasteiger partial charge in [-0.2, -0.15) is 0 Å². The number of methoxy groups -OCH3 is 1. The van der Waals surface area contributed by atoms with E-state index in [4.69, 9.17) is 4.74 Å². The maximum Gasteiger partial charge on any atom is 0.191 e. The monoisotopic (exact) mass is 284 g/mol. The van der Waals surface area contributed by atoms with Gasteiger partial charge in [-0.05, 0) is 6.92 Å². The van der Waals surface area contributed by atoms with E-state index in [0.29, 0.717) is 19.1 Å². The van der Waals surface area contributed by atoms with Gasteiger partial charge in [0.25, 0.3) is 0 Å². The molecule has 0 unspecified atom stereocenters. The Morgan fingerprint density at radius 3 is 2.84 bits per heavy atom. The molecule has 0 saturated carbocycles. The molecule has 0 spiro atoms. The van der Waals surface area contributed by atoms with E-state index in [9.17, 15) is 0 Å². The number of nitrogens with one attached hydrogen (secondary N) is 2. The standard InChI is InChI=1S/C13H24N4OS/c1-5-14-13(15-6-7-18-4)16-8-11-9-19-12(17-11)10(2)3/h9-10H,5-8H2,1-4H3,(H2,14,15,16). The summed E-state index contributed by atoms with van der Waals surface area (Å²) in [5, 5.41) is 9.66. The minimum atomic E-state index is 0.482. The van der Waals surface area contributed by atoms with Crippen molar-refractivity contribution in [3.63, 3.8) is 0 Å². The number of ether oxygens (including phenoxy) is 1. The number of aromatic nitrogens is 1. The highest BCUT2D eigenvalue weighted by molar-refractivity contribution is 7.09. The van der Waals surface area contributed by atoms with Crippen molar-refractivity contribution in [1.82, 2.24) is 15.6 Å². The first kappa shape index (κ1) is 15.9. The minimum absolute atomic E-state index is 0.482. The van der Waals surface area contributed by atoms with Crippen molar-refractivity contribution in [3.8, 4) is 0 Å². The van der Waals surface area contributed by atoms with Crippen LogP contribution in [0, 0.1) is 0 Å². The lowest BCUT2D eigenvalue weighted by atomic mass is 10.2. The number of rotatable bonds is 7. The van der Waals surface area contributed by atoms with Gasteiger partial charge < -0.3 is 15.4 Å². The summed E-state index contributed by atoms with van der Waals surface area (Å²) in [6.07, 6.45) is 0. The molecule has 1 aromatic rings. The normalized spacial score (nSPS) is 11.9. The van der Waals surface area contributed by atoms with Crippen LogP contribution in [0.5, 0.6) is 0 Å². The van der Waals surface area contributed by atoms with Gasteiger partial charge in [-0.15, -0.1) is 11.3 Å². The van der Waals surface area contributed by atoms with Gasteiger partial charge in [-0.1, -0.05) is 13.8 Å². The second kappa shape index (κ2) is 8.87. The second-order valence-corrected chi connectivity index (χ2v) is 5.34. The molecule has 0 aliphatic carbocycles. The highest BCUT2D eigenvalue weighted by atomic mass is 32.1. The molecule has 2 N–H and O–H groups in total. The van der Waals surface area contributed by atoms with Crippen LogP contribution in [0.4, 0.5) is 0 Å². The van der Waals surface area contributed by atoms with Crippen LogP contribution in [0.2, 0.25) is 0 Å². The lowest BCUT2D eigenvalue weighted by Crippen LogP contribution is -2.38. The smallest absolute Gasteiger partial charge is 0.191 e. The number of hydrogen-bond donors (Lipinski definition) is 2. The summed E-state index contributed by atoms with van der Waals surface area (Å²) >= 11 is 1.70. The zero-order chi connectivity index (χ0) is 14.1. The first-order valence-electron chi connectivity index (χ1n) is 6.62. The lowest BCUT2D eigenvalue weighted by Gasteiger charge is -2.10. The van der Waals surface area contributed by atoms with Crippen LogP contribution in [0.25, 0.3) is 0 Å². The van der Waals surface area contributed by atoms with E-state index in [-0.39, 0.29) is 0 Å². The Labute approximate surface area is 119 Å². The van der Waals surface area contributed by atoms with E-state index in [1.165, 1.54) is 5.01 Å². The van der Waals surface area contributed by atoms with Crippen LogP contribution in [0.15, 0.2) is 10.4 Å². The summed E-state index contributed by atoms with van der Waals surface area (Å²) in [6, 6.07) is 0. The Bertz CT molecular complexity index is 390. The number of hydrogen-bond acceptors (Lipinski definition) is 4. The van der Waals surface area contributed by atoms with Crippen molar-refractivity contribution >= 4 is 17.3 Å². The fourth-order valence-corrected chi connectivity index (χ4v) is 2.26. The molecule has 0 fully saturated rings. The molecule has 1 rings (SSSR count). The van der Waals surface area contributed by atoms with E-state index in [0.717, 1.165) is 24.7 Å². The number of thiazole rings is 1. The van der Waals surface area contributed by atoms with Crippen LogP contribution >= 0.6 is 11.3 Å². The van der Waals surface area contributed by atoms with Crippen LogP contribution < -0.4 is 10.6 Å². The Morgan fingerprint density at radius 1 is 1.47 bits per heavy atom. The third kappa shape index (κ3) is 6.02. The van der Waals surface area contributed by atoms with Crippen molar-refractivity contribution in [2.75, 3.05) is 26.8 Å². The molecule has 0 amide bonds. The van der Waals surface area contributed by atoms with E-state index in [1.807, 2.05) is 6.92 Å². The van der Waals surface area contributed by atoms with Gasteiger partial charge in [-0.3, -0.25) is 0 Å². The Kier molecular flexibility index (Phi) is 7.43. The Morgan fingerprint density at radius 2 is 2.26 bits per heavy atom. The quantitative estimate of drug-likeness (QED) is 0.456. The molecule has 19 heavy (non-hydrogen) atoms. The first-order chi connectivity index (χ1) is 9.17. The zero-order valence-corrected chi connectivity index (χ0v) is 13.0. The first-order valence-corrected chi connectivity index (χ1v) is 7.50. The van der Waals surface area contributed by atoms with Crippen molar-refractivity contribution in [2.24, 2.45) is 4.99 Å². The highest BCUT2D eigenvalue weighted by Crippen LogP contribution is 2.19. The molecule has 0 saturated heterocycles. The summed E-state index contributed by atoms with van der Waals surface area (Å²) in [5.41, 5.74) is 1.03. The van der Waals surface area contributed by atoms with Crippen molar-refractivity contribution < 1.29 is 4.74 Å². The molecule has 1 aromatic heterocycles. The Hall–Kier alpha value is -1.14. The number of guanidine groups is 1. The molecule has 0 atom stereocenters. The average Bonchev–Trinajstić information content (AvgIpc) is 2.85. The molecule has 6 heteroatoms. The van der Waals surface area contributed by atoms with Crippen LogP contribution in [0.3, 0.4) is 0 Å². The molecule has 0 aliphatic heterocycles. The van der Waals surface area contributed by atoms with E-state index >= 15 is 0 Å². The molecule has 0 bridgehead atoms. The number of aliphatic imine (C=N–C) groups is 1. The summed E-state index contributed by atoms with van der Waals surface area (Å²) < 4.78 is 5.01. The summed E-state index contributed by atoms with van der Waals surface area (Å²) in [5.74, 6) is 1.29. The van der Waals surface area contributed by atoms with Gasteiger partial charge in [-0.25, -0.2) is 9.98 Å². The van der Waals surface area contributed by atoms with Gasteiger partial charge >= 0.3 is 0 Å². The zero-order valence-electron chi connectivity index (χ0n) is 12.2. The summed E-state index contributed by atoms with van der Waals surface area (Å²) in [4.78, 5) is 9.08. The van der Waals surface area contributed by atoms with Crippen molar-refractivity contribution in [1.29, 1.82) is 0 Å². The minimum Gasteiger partial charge on any atom is -0.383 e. The second-order valence-electron chi connectivity index (χ2n) is 4.45. The highest BCUT2D eigenvalue weighted by Gasteiger charge is 2.05. The average molecular weight is 284 g/mol. The van der Waals surface area contributed by atoms with Crippen LogP contribution in [0.1, 0.15) is 37.4 Å². The molecule has 5 nitrogen and oxygen atoms in total. The van der Waals surface area contributed by atoms with Crippen LogP contribution in [-0.4, -0.2) is 37.7 Å². The molecule has 1 heterocycles. The van der Waals surface area contributed by atoms with Crippen molar-refractivity contribution in [3.05, 3.63) is 16.1 Å². The fraction of sp³-hybridized carbons (Fsp3) is 0.692. The largest absolute Gasteiger partial charge is 0.383 e. The predicted molar refractivity (Wildman–Crippen MR) is 80.9 cm³/mol. The van der Waals surface area contributed by atoms with E-state index in [1.54, 1.807) is 18.4 Å². The number of nitrogens with zero attached hydrogens (tertiary/aromatic N) is 2. The topological polar surface area (TPSA) is 58.5 Å². The third-order valence-electron chi connectivity index (χ3n) is 2.41. The summed E-state index contributed by atoms with van der Waals surface area (Å²) in [7, 11) is 1.69. The molecular formula is C13H24N4OS. The van der Waals surface area contributed by atoms with Gasteiger partial charge in [0, 0.05) is 31.5 Å². The maximum absolute atomic E-state index is 5.01. The SMILES string of the molecule is CCNC(=NCc1csc(C(C)C)n1)NCCOC. The van der Waals surface area contributed by atoms with Gasteiger partial charge in [0.15, 0.2) is 5.96 Å². The molecule has 0 radical (unpaired) electrons. The summed E-state index contributed by atoms with van der Waals surface area (Å²) in [6.45, 7) is 9.21. The van der Waals surface area contributed by atoms with Gasteiger partial charge in [0.05, 0.1) is 23.9 Å². The van der Waals surface area contributed by atoms with Crippen LogP contribution in [-0.2, 0) is 11.3 Å². The fourth-order valence-electron chi connectivity index (χ4n) is 1.43. The molecule has 0 aromatic carbocycles.